The Bertz CT molecular complexity index is 774. The summed E-state index contributed by atoms with van der Waals surface area (Å²) in [5, 5.41) is 2.78. The molecule has 0 fully saturated rings. The number of halogens is 1. The zero-order valence-corrected chi connectivity index (χ0v) is 15.0. The molecule has 26 heavy (non-hydrogen) atoms. The van der Waals surface area contributed by atoms with Gasteiger partial charge in [0.05, 0.1) is 7.11 Å². The number of hydrogen-bond acceptors (Lipinski definition) is 4. The van der Waals surface area contributed by atoms with Gasteiger partial charge in [0.25, 0.3) is 5.91 Å². The lowest BCUT2D eigenvalue weighted by Gasteiger charge is -2.17. The third kappa shape index (κ3) is 5.31. The molecule has 0 saturated carbocycles. The van der Waals surface area contributed by atoms with Crippen molar-refractivity contribution in [3.8, 4) is 11.5 Å². The average Bonchev–Trinajstić information content (AvgIpc) is 2.63. The van der Waals surface area contributed by atoms with Crippen molar-refractivity contribution >= 4 is 11.7 Å². The van der Waals surface area contributed by atoms with Crippen LogP contribution >= 0.6 is 0 Å². The molecule has 2 rings (SSSR count). The summed E-state index contributed by atoms with van der Waals surface area (Å²) in [6.07, 6.45) is -0.143. The molecular weight excluding hydrogens is 337 g/mol. The second-order valence-electron chi connectivity index (χ2n) is 5.85. The maximum absolute atomic E-state index is 12.9. The van der Waals surface area contributed by atoms with Crippen molar-refractivity contribution in [3.63, 3.8) is 0 Å². The maximum atomic E-state index is 12.9. The van der Waals surface area contributed by atoms with Gasteiger partial charge in [0.2, 0.25) is 0 Å². The second-order valence-corrected chi connectivity index (χ2v) is 5.85. The Morgan fingerprint density at radius 2 is 1.81 bits per heavy atom. The molecule has 2 aromatic carbocycles. The van der Waals surface area contributed by atoms with Gasteiger partial charge in [-0.15, -0.1) is 0 Å². The average molecular weight is 359 g/mol. The van der Waals surface area contributed by atoms with E-state index in [0.717, 1.165) is 5.56 Å². The molecule has 0 bridgehead atoms. The van der Waals surface area contributed by atoms with Crippen LogP contribution in [0.1, 0.15) is 29.8 Å². The quantitative estimate of drug-likeness (QED) is 0.736. The third-order valence-electron chi connectivity index (χ3n) is 3.87. The van der Waals surface area contributed by atoms with Crippen molar-refractivity contribution in [1.82, 2.24) is 5.32 Å². The number of nitrogens with one attached hydrogen (secondary N) is 1. The van der Waals surface area contributed by atoms with E-state index in [0.29, 0.717) is 30.0 Å². The van der Waals surface area contributed by atoms with Crippen LogP contribution in [-0.2, 0) is 11.2 Å². The van der Waals surface area contributed by atoms with Crippen molar-refractivity contribution in [2.75, 3.05) is 13.7 Å². The van der Waals surface area contributed by atoms with Crippen molar-refractivity contribution in [3.05, 3.63) is 59.4 Å². The normalized spacial score (nSPS) is 11.5. The van der Waals surface area contributed by atoms with E-state index >= 15 is 0 Å². The van der Waals surface area contributed by atoms with E-state index in [2.05, 4.69) is 5.32 Å². The fourth-order valence-electron chi connectivity index (χ4n) is 2.35. The highest BCUT2D eigenvalue weighted by Crippen LogP contribution is 2.29. The molecule has 138 valence electrons. The lowest BCUT2D eigenvalue weighted by Crippen LogP contribution is -2.37. The van der Waals surface area contributed by atoms with E-state index in [1.165, 1.54) is 26.2 Å². The minimum Gasteiger partial charge on any atom is -0.493 e. The van der Waals surface area contributed by atoms with Gasteiger partial charge in [-0.1, -0.05) is 12.1 Å². The first-order chi connectivity index (χ1) is 12.4. The van der Waals surface area contributed by atoms with Crippen LogP contribution in [0.5, 0.6) is 11.5 Å². The molecule has 1 amide bonds. The largest absolute Gasteiger partial charge is 0.493 e. The Kier molecular flexibility index (Phi) is 6.72. The van der Waals surface area contributed by atoms with Crippen molar-refractivity contribution in [2.24, 2.45) is 0 Å². The molecule has 1 N–H and O–H groups in total. The van der Waals surface area contributed by atoms with Gasteiger partial charge in [0, 0.05) is 12.1 Å². The monoisotopic (exact) mass is 359 g/mol. The molecule has 5 nitrogen and oxygen atoms in total. The third-order valence-corrected chi connectivity index (χ3v) is 3.87. The van der Waals surface area contributed by atoms with Crippen LogP contribution in [0.15, 0.2) is 42.5 Å². The summed E-state index contributed by atoms with van der Waals surface area (Å²) >= 11 is 0. The Balaban J connectivity index is 1.90. The van der Waals surface area contributed by atoms with Crippen LogP contribution < -0.4 is 14.8 Å². The number of rotatable bonds is 8. The minimum atomic E-state index is -0.736. The van der Waals surface area contributed by atoms with Gasteiger partial charge in [-0.05, 0) is 56.2 Å². The van der Waals surface area contributed by atoms with Crippen LogP contribution in [-0.4, -0.2) is 31.4 Å². The first-order valence-electron chi connectivity index (χ1n) is 8.28. The predicted octanol–water partition coefficient (Wildman–Crippen LogP) is 3.16. The van der Waals surface area contributed by atoms with Gasteiger partial charge in [-0.2, -0.15) is 0 Å². The fourth-order valence-corrected chi connectivity index (χ4v) is 2.35. The summed E-state index contributed by atoms with van der Waals surface area (Å²) in [4.78, 5) is 23.6. The lowest BCUT2D eigenvalue weighted by atomic mass is 10.1. The van der Waals surface area contributed by atoms with Crippen molar-refractivity contribution in [2.45, 2.75) is 26.4 Å². The Morgan fingerprint density at radius 3 is 2.42 bits per heavy atom. The molecule has 0 heterocycles. The number of hydrogen-bond donors (Lipinski definition) is 1. The number of carbonyl (C=O) groups excluding carboxylic acids is 2. The van der Waals surface area contributed by atoms with Gasteiger partial charge >= 0.3 is 0 Å². The summed E-state index contributed by atoms with van der Waals surface area (Å²) in [6.45, 7) is 3.51. The number of carbonyl (C=O) groups is 2. The zero-order chi connectivity index (χ0) is 19.1. The smallest absolute Gasteiger partial charge is 0.260 e. The number of ether oxygens (including phenoxy) is 2. The van der Waals surface area contributed by atoms with E-state index in [-0.39, 0.29) is 17.5 Å². The van der Waals surface area contributed by atoms with Crippen molar-refractivity contribution in [1.29, 1.82) is 0 Å². The van der Waals surface area contributed by atoms with Crippen LogP contribution in [0.25, 0.3) is 0 Å². The van der Waals surface area contributed by atoms with Gasteiger partial charge in [0.15, 0.2) is 23.4 Å². The van der Waals surface area contributed by atoms with E-state index in [1.54, 1.807) is 37.3 Å². The Labute approximate surface area is 152 Å². The van der Waals surface area contributed by atoms with Crippen LogP contribution in [0, 0.1) is 5.82 Å². The molecule has 0 spiro atoms. The van der Waals surface area contributed by atoms with Gasteiger partial charge < -0.3 is 14.8 Å². The van der Waals surface area contributed by atoms with E-state index in [9.17, 15) is 14.0 Å². The highest BCUT2D eigenvalue weighted by molar-refractivity contribution is 5.94. The highest BCUT2D eigenvalue weighted by atomic mass is 19.1. The number of ketones is 1. The maximum Gasteiger partial charge on any atom is 0.260 e. The molecule has 2 aromatic rings. The number of methoxy groups -OCH3 is 1. The van der Waals surface area contributed by atoms with Gasteiger partial charge in [-0.25, -0.2) is 4.39 Å². The van der Waals surface area contributed by atoms with E-state index < -0.39 is 6.10 Å². The summed E-state index contributed by atoms with van der Waals surface area (Å²) < 4.78 is 23.7. The van der Waals surface area contributed by atoms with Crippen LogP contribution in [0.4, 0.5) is 4.39 Å². The van der Waals surface area contributed by atoms with Crippen molar-refractivity contribution < 1.29 is 23.5 Å². The standard InChI is InChI=1S/C20H22FNO4/c1-13(23)16-6-9-18(19(12-16)25-3)26-14(2)20(24)22-11-10-15-4-7-17(21)8-5-15/h4-9,12,14H,10-11H2,1-3H3,(H,22,24). The molecule has 6 heteroatoms. The first-order valence-corrected chi connectivity index (χ1v) is 8.28. The first kappa shape index (κ1) is 19.4. The molecular formula is C20H22FNO4. The molecule has 1 atom stereocenters. The minimum absolute atomic E-state index is 0.0820. The fraction of sp³-hybridized carbons (Fsp3) is 0.300. The molecule has 1 unspecified atom stereocenters. The Hall–Kier alpha value is -2.89. The number of Topliss-reactive ketones (excluding diaryl/α,β-unsaturated/α-hetero) is 1. The predicted molar refractivity (Wildman–Crippen MR) is 96.2 cm³/mol. The molecule has 0 aliphatic rings. The molecule has 0 aliphatic heterocycles. The molecule has 0 aromatic heterocycles. The van der Waals surface area contributed by atoms with Crippen LogP contribution in [0.3, 0.4) is 0 Å². The molecule has 0 radical (unpaired) electrons. The van der Waals surface area contributed by atoms with Gasteiger partial charge in [0.1, 0.15) is 5.82 Å². The SMILES string of the molecule is COc1cc(C(C)=O)ccc1OC(C)C(=O)NCCc1ccc(F)cc1. The molecule has 0 saturated heterocycles. The zero-order valence-electron chi connectivity index (χ0n) is 15.0. The summed E-state index contributed by atoms with van der Waals surface area (Å²) in [5.41, 5.74) is 1.44. The summed E-state index contributed by atoms with van der Waals surface area (Å²) in [6, 6.07) is 11.0. The lowest BCUT2D eigenvalue weighted by molar-refractivity contribution is -0.127. The summed E-state index contributed by atoms with van der Waals surface area (Å²) in [5.74, 6) is 0.137. The number of benzene rings is 2. The number of amides is 1. The van der Waals surface area contributed by atoms with Crippen LogP contribution in [0.2, 0.25) is 0 Å². The topological polar surface area (TPSA) is 64.6 Å². The van der Waals surface area contributed by atoms with E-state index in [4.69, 9.17) is 9.47 Å². The van der Waals surface area contributed by atoms with E-state index in [1.807, 2.05) is 0 Å². The van der Waals surface area contributed by atoms with Gasteiger partial charge in [-0.3, -0.25) is 9.59 Å². The molecule has 0 aliphatic carbocycles. The second kappa shape index (κ2) is 8.99. The Morgan fingerprint density at radius 1 is 1.12 bits per heavy atom. The highest BCUT2D eigenvalue weighted by Gasteiger charge is 2.17. The summed E-state index contributed by atoms with van der Waals surface area (Å²) in [7, 11) is 1.47.